The highest BCUT2D eigenvalue weighted by Crippen LogP contribution is 2.21. The predicted molar refractivity (Wildman–Crippen MR) is 120 cm³/mol. The van der Waals surface area contributed by atoms with E-state index < -0.39 is 0 Å². The summed E-state index contributed by atoms with van der Waals surface area (Å²) in [7, 11) is 0. The summed E-state index contributed by atoms with van der Waals surface area (Å²) in [5.41, 5.74) is 4.81. The van der Waals surface area contributed by atoms with Gasteiger partial charge in [0.2, 0.25) is 17.8 Å². The molecule has 3 aromatic carbocycles. The number of hydrazone groups is 1. The second kappa shape index (κ2) is 9.23. The number of phenolic OH excluding ortho intramolecular Hbond substituents is 2. The topological polar surface area (TPSA) is 128 Å². The molecule has 0 saturated heterocycles. The lowest BCUT2D eigenvalue weighted by molar-refractivity contribution is 0.450. The second-order valence-electron chi connectivity index (χ2n) is 6.40. The Kier molecular flexibility index (Phi) is 5.85. The quantitative estimate of drug-likeness (QED) is 0.225. The number of phenols is 2. The first-order chi connectivity index (χ1) is 15.2. The third-order valence-corrected chi connectivity index (χ3v) is 4.08. The van der Waals surface area contributed by atoms with E-state index in [2.05, 4.69) is 36.1 Å². The lowest BCUT2D eigenvalue weighted by Crippen LogP contribution is -2.07. The van der Waals surface area contributed by atoms with Gasteiger partial charge in [-0.05, 0) is 36.4 Å². The molecule has 0 aliphatic rings. The fraction of sp³-hybridized carbons (Fsp3) is 0. The number of rotatable bonds is 7. The van der Waals surface area contributed by atoms with Crippen LogP contribution >= 0.6 is 0 Å². The number of nitrogens with zero attached hydrogens (tertiary/aromatic N) is 4. The summed E-state index contributed by atoms with van der Waals surface area (Å²) >= 11 is 0. The molecule has 0 spiro atoms. The lowest BCUT2D eigenvalue weighted by atomic mass is 10.2. The molecule has 0 atom stereocenters. The molecule has 0 aliphatic carbocycles. The number of benzene rings is 3. The highest BCUT2D eigenvalue weighted by atomic mass is 16.3. The lowest BCUT2D eigenvalue weighted by Gasteiger charge is -2.10. The second-order valence-corrected chi connectivity index (χ2v) is 6.40. The van der Waals surface area contributed by atoms with Crippen LogP contribution in [0.1, 0.15) is 5.56 Å². The van der Waals surface area contributed by atoms with Gasteiger partial charge < -0.3 is 20.8 Å². The van der Waals surface area contributed by atoms with Crippen molar-refractivity contribution in [1.29, 1.82) is 0 Å². The van der Waals surface area contributed by atoms with E-state index in [9.17, 15) is 10.2 Å². The van der Waals surface area contributed by atoms with Crippen molar-refractivity contribution in [3.05, 3.63) is 84.4 Å². The van der Waals surface area contributed by atoms with Gasteiger partial charge in [0.05, 0.1) is 6.21 Å². The predicted octanol–water partition coefficient (Wildman–Crippen LogP) is 4.22. The Hall–Kier alpha value is -4.66. The first-order valence-electron chi connectivity index (χ1n) is 9.37. The summed E-state index contributed by atoms with van der Waals surface area (Å²) in [5.74, 6) is 0.711. The number of aromatic hydroxyl groups is 2. The number of aromatic nitrogens is 3. The third-order valence-electron chi connectivity index (χ3n) is 4.08. The van der Waals surface area contributed by atoms with E-state index in [0.717, 1.165) is 11.4 Å². The first kappa shape index (κ1) is 19.6. The molecule has 4 rings (SSSR count). The Morgan fingerprint density at radius 2 is 1.23 bits per heavy atom. The normalized spacial score (nSPS) is 10.7. The summed E-state index contributed by atoms with van der Waals surface area (Å²) in [5, 5.41) is 29.6. The fourth-order valence-electron chi connectivity index (χ4n) is 2.64. The van der Waals surface area contributed by atoms with Gasteiger partial charge in [-0.3, -0.25) is 0 Å². The van der Waals surface area contributed by atoms with Crippen molar-refractivity contribution >= 4 is 35.4 Å². The molecule has 9 nitrogen and oxygen atoms in total. The minimum absolute atomic E-state index is 0.0340. The maximum Gasteiger partial charge on any atom is 0.250 e. The average Bonchev–Trinajstić information content (AvgIpc) is 2.77. The van der Waals surface area contributed by atoms with E-state index in [4.69, 9.17) is 0 Å². The number of hydrogen-bond donors (Lipinski definition) is 5. The zero-order valence-corrected chi connectivity index (χ0v) is 16.3. The molecule has 4 aromatic rings. The van der Waals surface area contributed by atoms with Crippen molar-refractivity contribution in [2.24, 2.45) is 5.10 Å². The Morgan fingerprint density at radius 1 is 0.677 bits per heavy atom. The van der Waals surface area contributed by atoms with Crippen molar-refractivity contribution in [1.82, 2.24) is 15.0 Å². The molecule has 0 unspecified atom stereocenters. The Bertz CT molecular complexity index is 1130. The molecule has 154 valence electrons. The van der Waals surface area contributed by atoms with E-state index in [1.807, 2.05) is 60.7 Å². The van der Waals surface area contributed by atoms with Gasteiger partial charge in [-0.15, -0.1) is 0 Å². The van der Waals surface area contributed by atoms with Gasteiger partial charge in [0, 0.05) is 23.0 Å². The summed E-state index contributed by atoms with van der Waals surface area (Å²) in [6, 6.07) is 23.2. The largest absolute Gasteiger partial charge is 0.508 e. The molecule has 0 aliphatic heterocycles. The van der Waals surface area contributed by atoms with Crippen LogP contribution < -0.4 is 16.1 Å². The summed E-state index contributed by atoms with van der Waals surface area (Å²) in [6.45, 7) is 0. The van der Waals surface area contributed by atoms with Gasteiger partial charge in [-0.25, -0.2) is 5.43 Å². The highest BCUT2D eigenvalue weighted by Gasteiger charge is 2.07. The van der Waals surface area contributed by atoms with Gasteiger partial charge in [-0.2, -0.15) is 20.1 Å². The maximum atomic E-state index is 9.86. The molecule has 0 amide bonds. The Morgan fingerprint density at radius 3 is 1.77 bits per heavy atom. The average molecular weight is 413 g/mol. The summed E-state index contributed by atoms with van der Waals surface area (Å²) in [6.07, 6.45) is 1.40. The van der Waals surface area contributed by atoms with Gasteiger partial charge in [-0.1, -0.05) is 36.4 Å². The summed E-state index contributed by atoms with van der Waals surface area (Å²) in [4.78, 5) is 13.1. The van der Waals surface area contributed by atoms with Crippen LogP contribution in [0.3, 0.4) is 0 Å². The van der Waals surface area contributed by atoms with Crippen LogP contribution in [0.15, 0.2) is 84.0 Å². The molecule has 5 N–H and O–H groups in total. The molecule has 0 saturated carbocycles. The minimum Gasteiger partial charge on any atom is -0.508 e. The van der Waals surface area contributed by atoms with Crippen molar-refractivity contribution in [3.63, 3.8) is 0 Å². The van der Waals surface area contributed by atoms with E-state index in [-0.39, 0.29) is 17.4 Å². The first-order valence-corrected chi connectivity index (χ1v) is 9.37. The monoisotopic (exact) mass is 413 g/mol. The minimum atomic E-state index is -0.0981. The van der Waals surface area contributed by atoms with E-state index >= 15 is 0 Å². The van der Waals surface area contributed by atoms with Crippen molar-refractivity contribution in [2.45, 2.75) is 0 Å². The number of para-hydroxylation sites is 2. The van der Waals surface area contributed by atoms with Crippen LogP contribution in [0.25, 0.3) is 0 Å². The van der Waals surface area contributed by atoms with E-state index in [0.29, 0.717) is 17.5 Å². The zero-order valence-electron chi connectivity index (χ0n) is 16.3. The maximum absolute atomic E-state index is 9.86. The SMILES string of the molecule is Oc1ccc(/C=N\Nc2nc(Nc3ccccc3)nc(Nc3ccccc3)n2)c(O)c1. The van der Waals surface area contributed by atoms with Crippen LogP contribution in [-0.2, 0) is 0 Å². The zero-order chi connectivity index (χ0) is 21.5. The van der Waals surface area contributed by atoms with Crippen LogP contribution in [0.5, 0.6) is 11.5 Å². The van der Waals surface area contributed by atoms with Crippen molar-refractivity contribution in [2.75, 3.05) is 16.1 Å². The molecular formula is C22H19N7O2. The molecule has 31 heavy (non-hydrogen) atoms. The van der Waals surface area contributed by atoms with Crippen molar-refractivity contribution < 1.29 is 10.2 Å². The molecule has 0 radical (unpaired) electrons. The third kappa shape index (κ3) is 5.45. The number of hydrogen-bond acceptors (Lipinski definition) is 9. The Balaban J connectivity index is 1.58. The van der Waals surface area contributed by atoms with Crippen LogP contribution in [0.2, 0.25) is 0 Å². The molecule has 1 aromatic heterocycles. The highest BCUT2D eigenvalue weighted by molar-refractivity contribution is 5.84. The fourth-order valence-corrected chi connectivity index (χ4v) is 2.64. The molecule has 1 heterocycles. The number of nitrogens with one attached hydrogen (secondary N) is 3. The number of anilines is 5. The van der Waals surface area contributed by atoms with Crippen LogP contribution in [0.4, 0.5) is 29.2 Å². The van der Waals surface area contributed by atoms with Gasteiger partial charge >= 0.3 is 0 Å². The molecule has 0 fully saturated rings. The summed E-state index contributed by atoms with van der Waals surface area (Å²) < 4.78 is 0. The molecule has 9 heteroatoms. The van der Waals surface area contributed by atoms with E-state index in [1.54, 1.807) is 0 Å². The van der Waals surface area contributed by atoms with Crippen LogP contribution in [0, 0.1) is 0 Å². The Labute approximate surface area is 178 Å². The van der Waals surface area contributed by atoms with Crippen LogP contribution in [-0.4, -0.2) is 31.4 Å². The molecule has 0 bridgehead atoms. The smallest absolute Gasteiger partial charge is 0.250 e. The van der Waals surface area contributed by atoms with Crippen molar-refractivity contribution in [3.8, 4) is 11.5 Å². The van der Waals surface area contributed by atoms with E-state index in [1.165, 1.54) is 24.4 Å². The van der Waals surface area contributed by atoms with Gasteiger partial charge in [0.1, 0.15) is 11.5 Å². The van der Waals surface area contributed by atoms with Gasteiger partial charge in [0.25, 0.3) is 0 Å². The standard InChI is InChI=1S/C22H19N7O2/c30-18-12-11-15(19(31)13-18)14-23-29-22-27-20(24-16-7-3-1-4-8-16)26-21(28-22)25-17-9-5-2-6-10-17/h1-14,30-31H,(H3,24,25,26,27,28,29)/b23-14-. The molecular weight excluding hydrogens is 394 g/mol. The van der Waals surface area contributed by atoms with Gasteiger partial charge in [0.15, 0.2) is 0 Å².